The molecule has 0 radical (unpaired) electrons. The number of H-pyrrole nitrogens is 1. The first kappa shape index (κ1) is 12.4. The first-order valence-corrected chi connectivity index (χ1v) is 6.38. The Balaban J connectivity index is 1.64. The largest absolute Gasteiger partial charge is 0.370 e. The fourth-order valence-corrected chi connectivity index (χ4v) is 2.09. The van der Waals surface area contributed by atoms with Crippen LogP contribution >= 0.6 is 0 Å². The molecule has 8 nitrogen and oxygen atoms in total. The number of aromatic amines is 1. The molecule has 0 aliphatic rings. The van der Waals surface area contributed by atoms with Gasteiger partial charge in [0.15, 0.2) is 5.65 Å². The van der Waals surface area contributed by atoms with E-state index in [0.29, 0.717) is 11.5 Å². The summed E-state index contributed by atoms with van der Waals surface area (Å²) in [5.74, 6) is 1.33. The van der Waals surface area contributed by atoms with Crippen LogP contribution in [-0.4, -0.2) is 35.7 Å². The Kier molecular flexibility index (Phi) is 3.20. The van der Waals surface area contributed by atoms with Crippen molar-refractivity contribution in [1.82, 2.24) is 29.1 Å². The van der Waals surface area contributed by atoms with Crippen LogP contribution in [0.2, 0.25) is 0 Å². The first-order chi connectivity index (χ1) is 9.74. The molecule has 0 unspecified atom stereocenters. The van der Waals surface area contributed by atoms with Crippen molar-refractivity contribution >= 4 is 11.5 Å². The predicted octanol–water partition coefficient (Wildman–Crippen LogP) is 0.425. The van der Waals surface area contributed by atoms with Crippen LogP contribution in [0.4, 0.5) is 5.82 Å². The fourth-order valence-electron chi connectivity index (χ4n) is 2.09. The Morgan fingerprint density at radius 3 is 3.15 bits per heavy atom. The van der Waals surface area contributed by atoms with Gasteiger partial charge in [-0.2, -0.15) is 5.10 Å². The number of aromatic nitrogens is 6. The third-order valence-corrected chi connectivity index (χ3v) is 3.03. The second-order valence-electron chi connectivity index (χ2n) is 4.49. The molecule has 20 heavy (non-hydrogen) atoms. The molecule has 0 saturated heterocycles. The predicted molar refractivity (Wildman–Crippen MR) is 73.7 cm³/mol. The summed E-state index contributed by atoms with van der Waals surface area (Å²) < 4.78 is 3.47. The lowest BCUT2D eigenvalue weighted by Gasteiger charge is -2.07. The molecular weight excluding hydrogens is 258 g/mol. The maximum absolute atomic E-state index is 11.5. The summed E-state index contributed by atoms with van der Waals surface area (Å²) in [4.78, 5) is 19.8. The van der Waals surface area contributed by atoms with Crippen molar-refractivity contribution < 1.29 is 0 Å². The van der Waals surface area contributed by atoms with Crippen molar-refractivity contribution in [2.75, 3.05) is 11.9 Å². The van der Waals surface area contributed by atoms with Gasteiger partial charge in [-0.3, -0.25) is 0 Å². The van der Waals surface area contributed by atoms with E-state index in [2.05, 4.69) is 25.5 Å². The molecule has 0 bridgehead atoms. The summed E-state index contributed by atoms with van der Waals surface area (Å²) >= 11 is 0. The van der Waals surface area contributed by atoms with E-state index in [-0.39, 0.29) is 5.69 Å². The van der Waals surface area contributed by atoms with Crippen LogP contribution in [0.5, 0.6) is 0 Å². The summed E-state index contributed by atoms with van der Waals surface area (Å²) in [5, 5.41) is 9.59. The van der Waals surface area contributed by atoms with E-state index < -0.39 is 0 Å². The maximum atomic E-state index is 11.5. The highest BCUT2D eigenvalue weighted by Gasteiger charge is 2.06. The number of fused-ring (bicyclic) bond motifs is 1. The van der Waals surface area contributed by atoms with Crippen LogP contribution in [-0.2, 0) is 6.54 Å². The number of nitrogens with one attached hydrogen (secondary N) is 2. The average molecular weight is 273 g/mol. The molecule has 3 aromatic heterocycles. The van der Waals surface area contributed by atoms with Crippen molar-refractivity contribution in [2.24, 2.45) is 0 Å². The molecule has 3 heterocycles. The Labute approximate surface area is 114 Å². The molecule has 3 rings (SSSR count). The number of nitrogens with zero attached hydrogens (tertiary/aromatic N) is 5. The molecule has 0 fully saturated rings. The fraction of sp³-hybridized carbons (Fsp3) is 0.333. The summed E-state index contributed by atoms with van der Waals surface area (Å²) in [5.41, 5.74) is 0.302. The second-order valence-corrected chi connectivity index (χ2v) is 4.49. The Morgan fingerprint density at radius 1 is 1.45 bits per heavy atom. The molecule has 0 aromatic carbocycles. The van der Waals surface area contributed by atoms with Gasteiger partial charge in [0, 0.05) is 31.5 Å². The van der Waals surface area contributed by atoms with Crippen molar-refractivity contribution in [1.29, 1.82) is 0 Å². The molecular formula is C12H15N7O. The van der Waals surface area contributed by atoms with Crippen molar-refractivity contribution in [3.63, 3.8) is 0 Å². The van der Waals surface area contributed by atoms with Gasteiger partial charge in [0.1, 0.15) is 11.6 Å². The van der Waals surface area contributed by atoms with Crippen LogP contribution in [0.15, 0.2) is 29.6 Å². The van der Waals surface area contributed by atoms with Crippen molar-refractivity contribution in [2.45, 2.75) is 19.9 Å². The Bertz CT molecular complexity index is 756. The highest BCUT2D eigenvalue weighted by atomic mass is 16.1. The van der Waals surface area contributed by atoms with E-state index in [4.69, 9.17) is 0 Å². The van der Waals surface area contributed by atoms with Gasteiger partial charge < -0.3 is 9.88 Å². The lowest BCUT2D eigenvalue weighted by molar-refractivity contribution is 0.660. The van der Waals surface area contributed by atoms with E-state index >= 15 is 0 Å². The van der Waals surface area contributed by atoms with Gasteiger partial charge in [0.05, 0.1) is 6.33 Å². The quantitative estimate of drug-likeness (QED) is 0.657. The number of rotatable bonds is 5. The van der Waals surface area contributed by atoms with Gasteiger partial charge in [-0.15, -0.1) is 0 Å². The summed E-state index contributed by atoms with van der Waals surface area (Å²) in [6.07, 6.45) is 6.45. The molecule has 0 aliphatic heterocycles. The number of aryl methyl sites for hydroxylation is 2. The number of hydrogen-bond donors (Lipinski definition) is 2. The first-order valence-electron chi connectivity index (χ1n) is 6.38. The molecule has 0 amide bonds. The summed E-state index contributed by atoms with van der Waals surface area (Å²) in [7, 11) is 0. The molecule has 8 heteroatoms. The number of anilines is 1. The molecule has 0 atom stereocenters. The minimum absolute atomic E-state index is 0.267. The molecule has 0 saturated carbocycles. The van der Waals surface area contributed by atoms with Gasteiger partial charge in [0.25, 0.3) is 0 Å². The molecule has 2 N–H and O–H groups in total. The monoisotopic (exact) mass is 273 g/mol. The standard InChI is InChI=1S/C12H15N7O/c1-9-15-10(7-11-16-17-12(20)19(9)11)14-3-2-5-18-6-4-13-8-18/h4,6-8,14H,2-3,5H2,1H3,(H,17,20). The molecule has 3 aromatic rings. The third kappa shape index (κ3) is 2.40. The highest BCUT2D eigenvalue weighted by molar-refractivity contribution is 5.49. The Morgan fingerprint density at radius 2 is 2.35 bits per heavy atom. The molecule has 104 valence electrons. The van der Waals surface area contributed by atoms with Crippen LogP contribution in [0.1, 0.15) is 12.2 Å². The van der Waals surface area contributed by atoms with Crippen LogP contribution < -0.4 is 11.0 Å². The van der Waals surface area contributed by atoms with Gasteiger partial charge in [-0.05, 0) is 13.3 Å². The maximum Gasteiger partial charge on any atom is 0.349 e. The zero-order valence-corrected chi connectivity index (χ0v) is 11.1. The third-order valence-electron chi connectivity index (χ3n) is 3.03. The Hall–Kier alpha value is -2.64. The second kappa shape index (κ2) is 5.16. The lowest BCUT2D eigenvalue weighted by atomic mass is 10.4. The van der Waals surface area contributed by atoms with E-state index in [1.54, 1.807) is 25.5 Å². The van der Waals surface area contributed by atoms with Gasteiger partial charge in [0.2, 0.25) is 0 Å². The van der Waals surface area contributed by atoms with Crippen LogP contribution in [0, 0.1) is 6.92 Å². The molecule has 0 aliphatic carbocycles. The number of hydrogen-bond acceptors (Lipinski definition) is 5. The van der Waals surface area contributed by atoms with Crippen molar-refractivity contribution in [3.8, 4) is 0 Å². The summed E-state index contributed by atoms with van der Waals surface area (Å²) in [6.45, 7) is 3.46. The lowest BCUT2D eigenvalue weighted by Crippen LogP contribution is -2.14. The van der Waals surface area contributed by atoms with E-state index in [0.717, 1.165) is 25.3 Å². The highest BCUT2D eigenvalue weighted by Crippen LogP contribution is 2.07. The zero-order chi connectivity index (χ0) is 13.9. The topological polar surface area (TPSA) is 92.9 Å². The SMILES string of the molecule is Cc1nc(NCCCn2ccnc2)cc2n[nH]c(=O)n12. The molecule has 0 spiro atoms. The normalized spacial score (nSPS) is 11.1. The van der Waals surface area contributed by atoms with E-state index in [9.17, 15) is 4.79 Å². The average Bonchev–Trinajstić information content (AvgIpc) is 3.05. The number of imidazole rings is 1. The van der Waals surface area contributed by atoms with Gasteiger partial charge >= 0.3 is 5.69 Å². The van der Waals surface area contributed by atoms with E-state index in [1.165, 1.54) is 4.40 Å². The minimum atomic E-state index is -0.267. The smallest absolute Gasteiger partial charge is 0.349 e. The summed E-state index contributed by atoms with van der Waals surface area (Å²) in [6, 6.07) is 1.75. The van der Waals surface area contributed by atoms with E-state index in [1.807, 2.05) is 10.8 Å². The zero-order valence-electron chi connectivity index (χ0n) is 11.1. The van der Waals surface area contributed by atoms with Crippen LogP contribution in [0.3, 0.4) is 0 Å². The van der Waals surface area contributed by atoms with Crippen LogP contribution in [0.25, 0.3) is 5.65 Å². The van der Waals surface area contributed by atoms with Gasteiger partial charge in [-0.25, -0.2) is 24.3 Å². The minimum Gasteiger partial charge on any atom is -0.370 e. The van der Waals surface area contributed by atoms with Crippen molar-refractivity contribution in [3.05, 3.63) is 41.1 Å². The van der Waals surface area contributed by atoms with Gasteiger partial charge in [-0.1, -0.05) is 0 Å².